The number of hydrogen-bond acceptors (Lipinski definition) is 4. The first-order valence-electron chi connectivity index (χ1n) is 12.1. The summed E-state index contributed by atoms with van der Waals surface area (Å²) in [5, 5.41) is 15.1. The van der Waals surface area contributed by atoms with Crippen LogP contribution in [0.1, 0.15) is 64.0 Å². The van der Waals surface area contributed by atoms with E-state index in [2.05, 4.69) is 34.9 Å². The number of fused-ring (bicyclic) bond motifs is 3. The van der Waals surface area contributed by atoms with Gasteiger partial charge in [-0.1, -0.05) is 69.3 Å². The maximum absolute atomic E-state index is 12.9. The zero-order valence-corrected chi connectivity index (χ0v) is 20.8. The summed E-state index contributed by atoms with van der Waals surface area (Å²) < 4.78 is 5.69. The summed E-state index contributed by atoms with van der Waals surface area (Å²) in [6, 6.07) is 15.3. The lowest BCUT2D eigenvalue weighted by molar-refractivity contribution is -0.145. The molecule has 2 atom stereocenters. The van der Waals surface area contributed by atoms with Crippen LogP contribution in [0.25, 0.3) is 11.1 Å². The van der Waals surface area contributed by atoms with E-state index in [1.165, 1.54) is 0 Å². The highest BCUT2D eigenvalue weighted by Gasteiger charge is 2.45. The standard InChI is InChI=1S/C28H34N2O5/c1-27(2,3)24(25(32)33)29-23(31)15-28(4,17-13-14-17)30-26(34)35-16-22-20-11-7-5-9-18(20)19-10-6-8-12-21(19)22/h5-12,17,22,24H,13-16H2,1-4H3,(H,29,31)(H,30,34)(H,32,33). The fourth-order valence-electron chi connectivity index (χ4n) is 5.07. The van der Waals surface area contributed by atoms with Gasteiger partial charge in [-0.2, -0.15) is 0 Å². The van der Waals surface area contributed by atoms with Crippen LogP contribution in [0.15, 0.2) is 48.5 Å². The number of carbonyl (C=O) groups excluding carboxylic acids is 2. The fraction of sp³-hybridized carbons (Fsp3) is 0.464. The summed E-state index contributed by atoms with van der Waals surface area (Å²) in [6.07, 6.45) is 1.21. The number of carboxylic acid groups (broad SMARTS) is 1. The van der Waals surface area contributed by atoms with Gasteiger partial charge in [-0.15, -0.1) is 0 Å². The highest BCUT2D eigenvalue weighted by Crippen LogP contribution is 2.45. The molecule has 0 aromatic heterocycles. The second kappa shape index (κ2) is 9.36. The van der Waals surface area contributed by atoms with E-state index in [1.54, 1.807) is 20.8 Å². The van der Waals surface area contributed by atoms with Gasteiger partial charge in [-0.3, -0.25) is 4.79 Å². The van der Waals surface area contributed by atoms with Crippen LogP contribution in [-0.2, 0) is 14.3 Å². The van der Waals surface area contributed by atoms with Gasteiger partial charge in [0.25, 0.3) is 0 Å². The van der Waals surface area contributed by atoms with Gasteiger partial charge < -0.3 is 20.5 Å². The van der Waals surface area contributed by atoms with Crippen molar-refractivity contribution in [2.24, 2.45) is 11.3 Å². The predicted octanol–water partition coefficient (Wildman–Crippen LogP) is 4.70. The fourth-order valence-corrected chi connectivity index (χ4v) is 5.07. The number of alkyl carbamates (subject to hydrolysis) is 1. The van der Waals surface area contributed by atoms with Crippen LogP contribution in [0.4, 0.5) is 4.79 Å². The maximum atomic E-state index is 12.9. The molecule has 0 radical (unpaired) electrons. The Hall–Kier alpha value is -3.35. The minimum absolute atomic E-state index is 0.0122. The average Bonchev–Trinajstić information content (AvgIpc) is 3.59. The van der Waals surface area contributed by atoms with Crippen molar-refractivity contribution in [2.75, 3.05) is 6.61 Å². The minimum atomic E-state index is -1.08. The minimum Gasteiger partial charge on any atom is -0.480 e. The first-order chi connectivity index (χ1) is 16.5. The Morgan fingerprint density at radius 1 is 0.971 bits per heavy atom. The molecular weight excluding hydrogens is 444 g/mol. The Labute approximate surface area is 206 Å². The van der Waals surface area contributed by atoms with E-state index >= 15 is 0 Å². The second-order valence-electron chi connectivity index (χ2n) is 11.0. The van der Waals surface area contributed by atoms with Crippen molar-refractivity contribution < 1.29 is 24.2 Å². The van der Waals surface area contributed by atoms with Crippen LogP contribution in [-0.4, -0.2) is 41.3 Å². The van der Waals surface area contributed by atoms with Crippen molar-refractivity contribution in [3.05, 3.63) is 59.7 Å². The van der Waals surface area contributed by atoms with Crippen LogP contribution in [0.2, 0.25) is 0 Å². The zero-order chi connectivity index (χ0) is 25.4. The third kappa shape index (κ3) is 5.34. The molecule has 186 valence electrons. The van der Waals surface area contributed by atoms with Gasteiger partial charge in [0.1, 0.15) is 12.6 Å². The molecule has 4 rings (SSSR count). The van der Waals surface area contributed by atoms with Gasteiger partial charge in [-0.25, -0.2) is 9.59 Å². The lowest BCUT2D eigenvalue weighted by Crippen LogP contribution is -2.54. The van der Waals surface area contributed by atoms with Crippen LogP contribution in [0.3, 0.4) is 0 Å². The molecule has 35 heavy (non-hydrogen) atoms. The van der Waals surface area contributed by atoms with Crippen LogP contribution < -0.4 is 10.6 Å². The summed E-state index contributed by atoms with van der Waals surface area (Å²) in [4.78, 5) is 37.3. The van der Waals surface area contributed by atoms with Gasteiger partial charge in [-0.05, 0) is 53.4 Å². The van der Waals surface area contributed by atoms with Crippen molar-refractivity contribution in [1.29, 1.82) is 0 Å². The third-order valence-corrected chi connectivity index (χ3v) is 7.16. The molecular formula is C28H34N2O5. The molecule has 1 saturated carbocycles. The van der Waals surface area contributed by atoms with Gasteiger partial charge in [0.15, 0.2) is 0 Å². The number of ether oxygens (including phenoxy) is 1. The van der Waals surface area contributed by atoms with Crippen molar-refractivity contribution in [2.45, 2.75) is 64.5 Å². The lowest BCUT2D eigenvalue weighted by Gasteiger charge is -2.33. The Balaban J connectivity index is 1.41. The molecule has 2 aliphatic rings. The number of hydrogen-bond donors (Lipinski definition) is 3. The summed E-state index contributed by atoms with van der Waals surface area (Å²) >= 11 is 0. The van der Waals surface area contributed by atoms with Gasteiger partial charge in [0.2, 0.25) is 5.91 Å². The molecule has 0 heterocycles. The molecule has 2 aromatic carbocycles. The molecule has 2 amide bonds. The number of nitrogens with one attached hydrogen (secondary N) is 2. The second-order valence-corrected chi connectivity index (χ2v) is 11.0. The summed E-state index contributed by atoms with van der Waals surface area (Å²) in [5.41, 5.74) is 3.12. The summed E-state index contributed by atoms with van der Waals surface area (Å²) in [7, 11) is 0. The monoisotopic (exact) mass is 478 g/mol. The molecule has 0 saturated heterocycles. The first kappa shape index (κ1) is 24.8. The van der Waals surface area contributed by atoms with Crippen LogP contribution in [0.5, 0.6) is 0 Å². The van der Waals surface area contributed by atoms with Crippen LogP contribution in [0, 0.1) is 11.3 Å². The van der Waals surface area contributed by atoms with Crippen LogP contribution >= 0.6 is 0 Å². The number of benzene rings is 2. The van der Waals surface area contributed by atoms with E-state index in [-0.39, 0.29) is 24.9 Å². The Morgan fingerprint density at radius 2 is 1.51 bits per heavy atom. The van der Waals surface area contributed by atoms with Gasteiger partial charge in [0, 0.05) is 12.3 Å². The van der Waals surface area contributed by atoms with Crippen molar-refractivity contribution in [3.63, 3.8) is 0 Å². The summed E-state index contributed by atoms with van der Waals surface area (Å²) in [5.74, 6) is -1.39. The highest BCUT2D eigenvalue weighted by molar-refractivity contribution is 5.85. The molecule has 1 fully saturated rings. The van der Waals surface area contributed by atoms with Crippen molar-refractivity contribution in [3.8, 4) is 11.1 Å². The Kier molecular flexibility index (Phi) is 6.62. The largest absolute Gasteiger partial charge is 0.480 e. The summed E-state index contributed by atoms with van der Waals surface area (Å²) in [6.45, 7) is 7.32. The zero-order valence-electron chi connectivity index (χ0n) is 20.8. The molecule has 2 aliphatic carbocycles. The third-order valence-electron chi connectivity index (χ3n) is 7.16. The highest BCUT2D eigenvalue weighted by atomic mass is 16.5. The number of rotatable bonds is 8. The number of aliphatic carboxylic acids is 1. The smallest absolute Gasteiger partial charge is 0.407 e. The number of carbonyl (C=O) groups is 3. The predicted molar refractivity (Wildman–Crippen MR) is 133 cm³/mol. The normalized spacial score (nSPS) is 17.5. The van der Waals surface area contributed by atoms with Gasteiger partial charge in [0.05, 0.1) is 5.54 Å². The average molecular weight is 479 g/mol. The van der Waals surface area contributed by atoms with E-state index in [4.69, 9.17) is 4.74 Å². The SMILES string of the molecule is CC(C)(C)C(NC(=O)CC(C)(NC(=O)OCC1c2ccccc2-c2ccccc21)C1CC1)C(=O)O. The molecule has 7 heteroatoms. The number of amides is 2. The molecule has 0 aliphatic heterocycles. The van der Waals surface area contributed by atoms with E-state index < -0.39 is 35.0 Å². The first-order valence-corrected chi connectivity index (χ1v) is 12.1. The van der Waals surface area contributed by atoms with Gasteiger partial charge >= 0.3 is 12.1 Å². The maximum Gasteiger partial charge on any atom is 0.407 e. The van der Waals surface area contributed by atoms with E-state index in [9.17, 15) is 19.5 Å². The molecule has 3 N–H and O–H groups in total. The number of carboxylic acids is 1. The Bertz CT molecular complexity index is 1090. The Morgan fingerprint density at radius 3 is 2.00 bits per heavy atom. The van der Waals surface area contributed by atoms with Crippen molar-refractivity contribution >= 4 is 18.0 Å². The van der Waals surface area contributed by atoms with E-state index in [0.717, 1.165) is 35.1 Å². The molecule has 0 bridgehead atoms. The molecule has 2 aromatic rings. The quantitative estimate of drug-likeness (QED) is 0.510. The van der Waals surface area contributed by atoms with E-state index in [1.807, 2.05) is 31.2 Å². The van der Waals surface area contributed by atoms with E-state index in [0.29, 0.717) is 0 Å². The lowest BCUT2D eigenvalue weighted by atomic mass is 9.86. The molecule has 0 spiro atoms. The molecule has 2 unspecified atom stereocenters. The van der Waals surface area contributed by atoms with Crippen molar-refractivity contribution in [1.82, 2.24) is 10.6 Å². The molecule has 7 nitrogen and oxygen atoms in total. The topological polar surface area (TPSA) is 105 Å².